The van der Waals surface area contributed by atoms with Gasteiger partial charge in [0, 0.05) is 17.1 Å². The predicted molar refractivity (Wildman–Crippen MR) is 87.2 cm³/mol. The Hall–Kier alpha value is -2.34. The fraction of sp³-hybridized carbons (Fsp3) is 0.0667. The van der Waals surface area contributed by atoms with E-state index < -0.39 is 0 Å². The zero-order valence-corrected chi connectivity index (χ0v) is 12.9. The first kappa shape index (κ1) is 13.6. The van der Waals surface area contributed by atoms with Gasteiger partial charge < -0.3 is 11.1 Å². The van der Waals surface area contributed by atoms with Crippen LogP contribution in [0.4, 0.5) is 11.5 Å². The van der Waals surface area contributed by atoms with Crippen molar-refractivity contribution < 1.29 is 4.79 Å². The Labute approximate surface area is 129 Å². The summed E-state index contributed by atoms with van der Waals surface area (Å²) in [6, 6.07) is 11.5. The van der Waals surface area contributed by atoms with Gasteiger partial charge >= 0.3 is 0 Å². The van der Waals surface area contributed by atoms with Crippen molar-refractivity contribution in [3.63, 3.8) is 0 Å². The third-order valence-electron chi connectivity index (χ3n) is 3.26. The van der Waals surface area contributed by atoms with Crippen LogP contribution in [0.5, 0.6) is 0 Å². The van der Waals surface area contributed by atoms with Crippen molar-refractivity contribution in [1.29, 1.82) is 0 Å². The molecule has 3 aromatic rings. The molecule has 3 N–H and O–H groups in total. The van der Waals surface area contributed by atoms with E-state index >= 15 is 0 Å². The van der Waals surface area contributed by atoms with Crippen molar-refractivity contribution in [3.8, 4) is 0 Å². The SMILES string of the molecule is Cn1ncc(N)c1NC(=O)c1ccc2cc(Br)ccc2c1. The number of aryl methyl sites for hydroxylation is 1. The Morgan fingerprint density at radius 3 is 2.67 bits per heavy atom. The van der Waals surface area contributed by atoms with Gasteiger partial charge in [0.05, 0.1) is 11.9 Å². The van der Waals surface area contributed by atoms with Crippen LogP contribution in [0, 0.1) is 0 Å². The summed E-state index contributed by atoms with van der Waals surface area (Å²) < 4.78 is 2.54. The molecule has 0 unspecified atom stereocenters. The molecular formula is C15H13BrN4O. The molecule has 0 bridgehead atoms. The number of benzene rings is 2. The number of fused-ring (bicyclic) bond motifs is 1. The second-order valence-electron chi connectivity index (χ2n) is 4.73. The fourth-order valence-electron chi connectivity index (χ4n) is 2.15. The lowest BCUT2D eigenvalue weighted by atomic mass is 10.1. The number of hydrogen-bond acceptors (Lipinski definition) is 3. The van der Waals surface area contributed by atoms with Crippen molar-refractivity contribution in [1.82, 2.24) is 9.78 Å². The second kappa shape index (κ2) is 5.21. The Kier molecular flexibility index (Phi) is 3.39. The molecule has 0 aliphatic heterocycles. The normalized spacial score (nSPS) is 10.8. The number of carbonyl (C=O) groups excluding carboxylic acids is 1. The molecule has 0 fully saturated rings. The maximum Gasteiger partial charge on any atom is 0.256 e. The molecule has 5 nitrogen and oxygen atoms in total. The van der Waals surface area contributed by atoms with E-state index in [0.717, 1.165) is 15.2 Å². The minimum atomic E-state index is -0.213. The van der Waals surface area contributed by atoms with Crippen LogP contribution in [-0.2, 0) is 7.05 Å². The summed E-state index contributed by atoms with van der Waals surface area (Å²) in [5.41, 5.74) is 6.79. The van der Waals surface area contributed by atoms with E-state index in [0.29, 0.717) is 17.1 Å². The van der Waals surface area contributed by atoms with Gasteiger partial charge in [0.2, 0.25) is 0 Å². The van der Waals surface area contributed by atoms with Crippen molar-refractivity contribution in [2.75, 3.05) is 11.1 Å². The molecule has 0 radical (unpaired) electrons. The first-order valence-electron chi connectivity index (χ1n) is 6.33. The Morgan fingerprint density at radius 2 is 1.95 bits per heavy atom. The Morgan fingerprint density at radius 1 is 1.24 bits per heavy atom. The number of nitrogens with zero attached hydrogens (tertiary/aromatic N) is 2. The number of nitrogens with one attached hydrogen (secondary N) is 1. The van der Waals surface area contributed by atoms with Crippen LogP contribution in [0.25, 0.3) is 10.8 Å². The lowest BCUT2D eigenvalue weighted by Gasteiger charge is -2.07. The number of aromatic nitrogens is 2. The molecule has 1 heterocycles. The molecule has 0 atom stereocenters. The fourth-order valence-corrected chi connectivity index (χ4v) is 2.52. The maximum absolute atomic E-state index is 12.3. The summed E-state index contributed by atoms with van der Waals surface area (Å²) in [6.45, 7) is 0. The molecule has 2 aromatic carbocycles. The van der Waals surface area contributed by atoms with E-state index in [9.17, 15) is 4.79 Å². The van der Waals surface area contributed by atoms with Crippen LogP contribution >= 0.6 is 15.9 Å². The molecule has 1 aromatic heterocycles. The van der Waals surface area contributed by atoms with Gasteiger partial charge in [-0.1, -0.05) is 28.1 Å². The molecule has 3 rings (SSSR count). The third-order valence-corrected chi connectivity index (χ3v) is 3.76. The number of carbonyl (C=O) groups is 1. The summed E-state index contributed by atoms with van der Waals surface area (Å²) in [7, 11) is 1.73. The topological polar surface area (TPSA) is 72.9 Å². The average molecular weight is 345 g/mol. The van der Waals surface area contributed by atoms with Crippen molar-refractivity contribution in [2.45, 2.75) is 0 Å². The van der Waals surface area contributed by atoms with Crippen LogP contribution in [0.15, 0.2) is 47.1 Å². The van der Waals surface area contributed by atoms with Crippen LogP contribution in [0.2, 0.25) is 0 Å². The minimum absolute atomic E-state index is 0.213. The Balaban J connectivity index is 1.93. The van der Waals surface area contributed by atoms with Gasteiger partial charge in [0.1, 0.15) is 0 Å². The summed E-state index contributed by atoms with van der Waals surface area (Å²) in [5.74, 6) is 0.283. The standard InChI is InChI=1S/C15H13BrN4O/c1-20-14(13(17)8-18-20)19-15(21)11-3-2-10-7-12(16)5-4-9(10)6-11/h2-8H,17H2,1H3,(H,19,21). The largest absolute Gasteiger partial charge is 0.394 e. The quantitative estimate of drug-likeness (QED) is 0.749. The Bertz CT molecular complexity index is 821. The summed E-state index contributed by atoms with van der Waals surface area (Å²) >= 11 is 3.43. The van der Waals surface area contributed by atoms with Crippen LogP contribution in [0.1, 0.15) is 10.4 Å². The van der Waals surface area contributed by atoms with Crippen molar-refractivity contribution >= 4 is 44.1 Å². The second-order valence-corrected chi connectivity index (χ2v) is 5.65. The lowest BCUT2D eigenvalue weighted by Crippen LogP contribution is -2.15. The number of halogens is 1. The number of nitrogen functional groups attached to an aromatic ring is 1. The highest BCUT2D eigenvalue weighted by Crippen LogP contribution is 2.22. The lowest BCUT2D eigenvalue weighted by molar-refractivity contribution is 0.102. The molecular weight excluding hydrogens is 332 g/mol. The number of rotatable bonds is 2. The predicted octanol–water partition coefficient (Wildman–Crippen LogP) is 3.17. The first-order valence-corrected chi connectivity index (χ1v) is 7.12. The summed E-state index contributed by atoms with van der Waals surface area (Å²) in [5, 5.41) is 8.85. The van der Waals surface area contributed by atoms with Gasteiger partial charge in [-0.05, 0) is 35.0 Å². The maximum atomic E-state index is 12.3. The summed E-state index contributed by atoms with van der Waals surface area (Å²) in [4.78, 5) is 12.3. The zero-order valence-electron chi connectivity index (χ0n) is 11.3. The number of hydrogen-bond donors (Lipinski definition) is 2. The number of amides is 1. The highest BCUT2D eigenvalue weighted by atomic mass is 79.9. The summed E-state index contributed by atoms with van der Waals surface area (Å²) in [6.07, 6.45) is 1.51. The molecule has 21 heavy (non-hydrogen) atoms. The number of nitrogens with two attached hydrogens (primary N) is 1. The molecule has 0 saturated heterocycles. The zero-order chi connectivity index (χ0) is 15.0. The van der Waals surface area contributed by atoms with E-state index in [4.69, 9.17) is 5.73 Å². The van der Waals surface area contributed by atoms with Crippen LogP contribution in [0.3, 0.4) is 0 Å². The van der Waals surface area contributed by atoms with E-state index in [1.807, 2.05) is 30.3 Å². The van der Waals surface area contributed by atoms with Crippen LogP contribution < -0.4 is 11.1 Å². The molecule has 0 aliphatic rings. The molecule has 106 valence electrons. The van der Waals surface area contributed by atoms with Gasteiger partial charge in [0.25, 0.3) is 5.91 Å². The van der Waals surface area contributed by atoms with E-state index in [-0.39, 0.29) is 5.91 Å². The molecule has 1 amide bonds. The molecule has 6 heteroatoms. The van der Waals surface area contributed by atoms with Gasteiger partial charge in [-0.3, -0.25) is 9.48 Å². The first-order chi connectivity index (χ1) is 10.0. The van der Waals surface area contributed by atoms with Gasteiger partial charge in [-0.2, -0.15) is 5.10 Å². The molecule has 0 aliphatic carbocycles. The van der Waals surface area contributed by atoms with Crippen molar-refractivity contribution in [2.24, 2.45) is 7.05 Å². The van der Waals surface area contributed by atoms with E-state index in [1.165, 1.54) is 10.9 Å². The van der Waals surface area contributed by atoms with E-state index in [2.05, 4.69) is 26.3 Å². The third kappa shape index (κ3) is 2.62. The monoisotopic (exact) mass is 344 g/mol. The van der Waals surface area contributed by atoms with Crippen molar-refractivity contribution in [3.05, 3.63) is 52.6 Å². The highest BCUT2D eigenvalue weighted by Gasteiger charge is 2.12. The highest BCUT2D eigenvalue weighted by molar-refractivity contribution is 9.10. The van der Waals surface area contributed by atoms with Crippen LogP contribution in [-0.4, -0.2) is 15.7 Å². The van der Waals surface area contributed by atoms with Gasteiger partial charge in [0.15, 0.2) is 5.82 Å². The minimum Gasteiger partial charge on any atom is -0.394 e. The smallest absolute Gasteiger partial charge is 0.256 e. The molecule has 0 saturated carbocycles. The van der Waals surface area contributed by atoms with Gasteiger partial charge in [-0.25, -0.2) is 0 Å². The number of anilines is 2. The average Bonchev–Trinajstić information content (AvgIpc) is 2.78. The molecule has 0 spiro atoms. The van der Waals surface area contributed by atoms with E-state index in [1.54, 1.807) is 13.1 Å². The van der Waals surface area contributed by atoms with Gasteiger partial charge in [-0.15, -0.1) is 0 Å².